The molecule has 7 heteroatoms. The maximum absolute atomic E-state index is 16.9. The highest BCUT2D eigenvalue weighted by atomic mass is 19.1. The van der Waals surface area contributed by atoms with Gasteiger partial charge in [0.25, 0.3) is 0 Å². The Morgan fingerprint density at radius 2 is 1.93 bits per heavy atom. The molecule has 0 aromatic carbocycles. The van der Waals surface area contributed by atoms with E-state index in [-0.39, 0.29) is 24.8 Å². The van der Waals surface area contributed by atoms with Gasteiger partial charge in [-0.2, -0.15) is 0 Å². The van der Waals surface area contributed by atoms with E-state index < -0.39 is 70.3 Å². The number of rotatable bonds is 2. The molecule has 0 aromatic rings. The maximum atomic E-state index is 16.9. The Morgan fingerprint density at radius 1 is 1.28 bits per heavy atom. The summed E-state index contributed by atoms with van der Waals surface area (Å²) in [6.45, 7) is 3.96. The predicted octanol–water partition coefficient (Wildman–Crippen LogP) is 1.84. The molecule has 160 valence electrons. The van der Waals surface area contributed by atoms with E-state index in [2.05, 4.69) is 0 Å². The van der Waals surface area contributed by atoms with Crippen LogP contribution in [-0.4, -0.2) is 57.0 Å². The zero-order valence-electron chi connectivity index (χ0n) is 16.9. The fourth-order valence-corrected chi connectivity index (χ4v) is 7.25. The third kappa shape index (κ3) is 2.19. The Morgan fingerprint density at radius 3 is 2.55 bits per heavy atom. The highest BCUT2D eigenvalue weighted by Gasteiger charge is 2.76. The molecule has 0 spiro atoms. The minimum absolute atomic E-state index is 0.0409. The summed E-state index contributed by atoms with van der Waals surface area (Å²) in [6, 6.07) is 0. The van der Waals surface area contributed by atoms with E-state index >= 15 is 8.78 Å². The number of Topliss-reactive ketones (excluding diaryl/α,β-unsaturated/α-hetero) is 1. The SMILES string of the molecule is C[C@@H]1CC2C3C[C@H](F)C4=CC(=O)C=C[C@]4(C)[C@]3(F)[C@H](O)C[C@]2(C)[C@@]1(O)C(=O)CO. The monoisotopic (exact) mass is 410 g/mol. The van der Waals surface area contributed by atoms with Crippen molar-refractivity contribution in [2.75, 3.05) is 6.61 Å². The summed E-state index contributed by atoms with van der Waals surface area (Å²) in [5.41, 5.74) is -6.81. The first-order chi connectivity index (χ1) is 13.4. The Labute approximate surface area is 168 Å². The number of aliphatic hydroxyl groups excluding tert-OH is 2. The fraction of sp³-hybridized carbons (Fsp3) is 0.727. The predicted molar refractivity (Wildman–Crippen MR) is 100 cm³/mol. The van der Waals surface area contributed by atoms with E-state index in [1.807, 2.05) is 0 Å². The summed E-state index contributed by atoms with van der Waals surface area (Å²) in [5, 5.41) is 31.9. The van der Waals surface area contributed by atoms with Crippen LogP contribution in [0.5, 0.6) is 0 Å². The summed E-state index contributed by atoms with van der Waals surface area (Å²) in [4.78, 5) is 24.3. The van der Waals surface area contributed by atoms with Gasteiger partial charge in [-0.3, -0.25) is 9.59 Å². The van der Waals surface area contributed by atoms with Gasteiger partial charge in [-0.05, 0) is 55.7 Å². The van der Waals surface area contributed by atoms with Crippen LogP contribution in [0.1, 0.15) is 40.0 Å². The van der Waals surface area contributed by atoms with Crippen LogP contribution in [0.3, 0.4) is 0 Å². The van der Waals surface area contributed by atoms with Crippen molar-refractivity contribution >= 4 is 11.6 Å². The van der Waals surface area contributed by atoms with Gasteiger partial charge >= 0.3 is 0 Å². The van der Waals surface area contributed by atoms with Crippen molar-refractivity contribution < 1.29 is 33.7 Å². The first-order valence-corrected chi connectivity index (χ1v) is 10.2. The molecule has 2 unspecified atom stereocenters. The molecule has 0 saturated heterocycles. The molecule has 3 N–H and O–H groups in total. The summed E-state index contributed by atoms with van der Waals surface area (Å²) >= 11 is 0. The standard InChI is InChI=1S/C22H28F2O5/c1-11-6-13-14-8-16(23)15-7-12(26)4-5-19(15,2)21(14,24)17(27)9-20(13,3)22(11,29)18(28)10-25/h4-5,7,11,13-14,16-17,25,27,29H,6,8-10H2,1-3H3/t11-,13?,14?,16+,17-,19+,20+,21-,22+/m1/s1. The van der Waals surface area contributed by atoms with Crippen LogP contribution in [0.25, 0.3) is 0 Å². The lowest BCUT2D eigenvalue weighted by Crippen LogP contribution is -2.70. The molecule has 4 aliphatic carbocycles. The summed E-state index contributed by atoms with van der Waals surface area (Å²) in [6.07, 6.45) is 0.427. The zero-order valence-corrected chi connectivity index (χ0v) is 16.9. The molecule has 29 heavy (non-hydrogen) atoms. The van der Waals surface area contributed by atoms with Crippen molar-refractivity contribution in [2.24, 2.45) is 28.6 Å². The van der Waals surface area contributed by atoms with Gasteiger partial charge < -0.3 is 15.3 Å². The van der Waals surface area contributed by atoms with Crippen molar-refractivity contribution in [3.63, 3.8) is 0 Å². The number of carbonyl (C=O) groups is 2. The van der Waals surface area contributed by atoms with Crippen LogP contribution in [-0.2, 0) is 9.59 Å². The van der Waals surface area contributed by atoms with Crippen molar-refractivity contribution in [1.82, 2.24) is 0 Å². The van der Waals surface area contributed by atoms with Gasteiger partial charge in [0, 0.05) is 16.7 Å². The van der Waals surface area contributed by atoms with Gasteiger partial charge in [-0.25, -0.2) is 8.78 Å². The number of ketones is 2. The molecule has 0 bridgehead atoms. The van der Waals surface area contributed by atoms with Crippen molar-refractivity contribution in [2.45, 2.75) is 63.6 Å². The second-order valence-corrected chi connectivity index (χ2v) is 9.84. The van der Waals surface area contributed by atoms with E-state index in [1.54, 1.807) is 13.8 Å². The smallest absolute Gasteiger partial charge is 0.190 e. The van der Waals surface area contributed by atoms with E-state index in [0.717, 1.165) is 6.08 Å². The number of fused-ring (bicyclic) bond motifs is 5. The lowest BCUT2D eigenvalue weighted by atomic mass is 9.44. The molecule has 4 rings (SSSR count). The molecule has 9 atom stereocenters. The van der Waals surface area contributed by atoms with E-state index in [1.165, 1.54) is 19.1 Å². The minimum Gasteiger partial charge on any atom is -0.390 e. The Bertz CT molecular complexity index is 839. The molecule has 0 aromatic heterocycles. The Balaban J connectivity index is 1.87. The summed E-state index contributed by atoms with van der Waals surface area (Å²) in [5.74, 6) is -3.24. The van der Waals surface area contributed by atoms with E-state index in [9.17, 15) is 24.9 Å². The number of hydrogen-bond acceptors (Lipinski definition) is 5. The molecule has 0 amide bonds. The number of alkyl halides is 2. The highest BCUT2D eigenvalue weighted by molar-refractivity contribution is 6.01. The largest absolute Gasteiger partial charge is 0.390 e. The van der Waals surface area contributed by atoms with Gasteiger partial charge in [0.15, 0.2) is 17.2 Å². The number of carbonyl (C=O) groups excluding carboxylic acids is 2. The van der Waals surface area contributed by atoms with Crippen LogP contribution in [0.4, 0.5) is 8.78 Å². The molecule has 3 fully saturated rings. The third-order valence-corrected chi connectivity index (χ3v) is 8.78. The average Bonchev–Trinajstić information content (AvgIpc) is 2.86. The van der Waals surface area contributed by atoms with Crippen LogP contribution >= 0.6 is 0 Å². The first-order valence-electron chi connectivity index (χ1n) is 10.2. The summed E-state index contributed by atoms with van der Waals surface area (Å²) in [7, 11) is 0. The first kappa shape index (κ1) is 20.8. The second kappa shape index (κ2) is 6.05. The molecule has 4 aliphatic rings. The van der Waals surface area contributed by atoms with Crippen LogP contribution in [0, 0.1) is 28.6 Å². The Hall–Kier alpha value is -1.44. The maximum Gasteiger partial charge on any atom is 0.190 e. The molecule has 0 heterocycles. The van der Waals surface area contributed by atoms with E-state index in [4.69, 9.17) is 0 Å². The Kier molecular flexibility index (Phi) is 4.34. The molecule has 5 nitrogen and oxygen atoms in total. The highest BCUT2D eigenvalue weighted by Crippen LogP contribution is 2.70. The van der Waals surface area contributed by atoms with Gasteiger partial charge in [0.1, 0.15) is 18.4 Å². The van der Waals surface area contributed by atoms with Crippen molar-refractivity contribution in [3.8, 4) is 0 Å². The van der Waals surface area contributed by atoms with E-state index in [0.29, 0.717) is 0 Å². The second-order valence-electron chi connectivity index (χ2n) is 9.84. The lowest BCUT2D eigenvalue weighted by molar-refractivity contribution is -0.223. The molecular formula is C22H28F2O5. The summed E-state index contributed by atoms with van der Waals surface area (Å²) < 4.78 is 32.1. The van der Waals surface area contributed by atoms with Gasteiger partial charge in [0.2, 0.25) is 0 Å². The number of halogens is 2. The van der Waals surface area contributed by atoms with Crippen LogP contribution in [0.15, 0.2) is 23.8 Å². The zero-order chi connectivity index (χ0) is 21.6. The lowest BCUT2D eigenvalue weighted by Gasteiger charge is -2.63. The number of hydrogen-bond donors (Lipinski definition) is 3. The fourth-order valence-electron chi connectivity index (χ4n) is 7.25. The quantitative estimate of drug-likeness (QED) is 0.646. The third-order valence-electron chi connectivity index (χ3n) is 8.78. The molecule has 0 aliphatic heterocycles. The minimum atomic E-state index is -2.24. The van der Waals surface area contributed by atoms with Gasteiger partial charge in [-0.1, -0.05) is 19.9 Å². The van der Waals surface area contributed by atoms with Crippen molar-refractivity contribution in [1.29, 1.82) is 0 Å². The van der Waals surface area contributed by atoms with Gasteiger partial charge in [0.05, 0.1) is 6.10 Å². The van der Waals surface area contributed by atoms with Crippen LogP contribution < -0.4 is 0 Å². The van der Waals surface area contributed by atoms with Gasteiger partial charge in [-0.15, -0.1) is 0 Å². The average molecular weight is 410 g/mol. The normalized spacial score (nSPS) is 53.7. The number of aliphatic hydroxyl groups is 3. The number of allylic oxidation sites excluding steroid dienone is 4. The molecular weight excluding hydrogens is 382 g/mol. The topological polar surface area (TPSA) is 94.8 Å². The van der Waals surface area contributed by atoms with Crippen LogP contribution in [0.2, 0.25) is 0 Å². The molecule has 0 radical (unpaired) electrons. The van der Waals surface area contributed by atoms with Crippen molar-refractivity contribution in [3.05, 3.63) is 23.8 Å². The molecule has 3 saturated carbocycles.